The Labute approximate surface area is 102 Å². The third-order valence-electron chi connectivity index (χ3n) is 2.78. The summed E-state index contributed by atoms with van der Waals surface area (Å²) in [5.41, 5.74) is 0. The number of carboxylic acid groups (broad SMARTS) is 1. The SMILES string of the molecule is CC(C)CC(NC(=O)CC1CCCO1)C(=O)O. The highest BCUT2D eigenvalue weighted by Gasteiger charge is 2.24. The average Bonchev–Trinajstić information content (AvgIpc) is 2.68. The Hall–Kier alpha value is -1.10. The Morgan fingerprint density at radius 3 is 2.65 bits per heavy atom. The molecule has 1 saturated heterocycles. The monoisotopic (exact) mass is 243 g/mol. The first kappa shape index (κ1) is 14.0. The van der Waals surface area contributed by atoms with Gasteiger partial charge in [-0.2, -0.15) is 0 Å². The minimum atomic E-state index is -0.973. The topological polar surface area (TPSA) is 75.6 Å². The maximum atomic E-state index is 11.6. The van der Waals surface area contributed by atoms with E-state index in [4.69, 9.17) is 9.84 Å². The highest BCUT2D eigenvalue weighted by molar-refractivity contribution is 5.83. The van der Waals surface area contributed by atoms with Crippen LogP contribution in [0.15, 0.2) is 0 Å². The molecule has 0 aromatic rings. The molecular formula is C12H21NO4. The van der Waals surface area contributed by atoms with Gasteiger partial charge in [-0.25, -0.2) is 4.79 Å². The molecule has 0 bridgehead atoms. The van der Waals surface area contributed by atoms with Gasteiger partial charge in [-0.1, -0.05) is 13.8 Å². The minimum Gasteiger partial charge on any atom is -0.480 e. The lowest BCUT2D eigenvalue weighted by atomic mass is 10.0. The van der Waals surface area contributed by atoms with Crippen LogP contribution in [0.25, 0.3) is 0 Å². The smallest absolute Gasteiger partial charge is 0.326 e. The molecule has 17 heavy (non-hydrogen) atoms. The number of carboxylic acids is 1. The largest absolute Gasteiger partial charge is 0.480 e. The molecule has 1 heterocycles. The summed E-state index contributed by atoms with van der Waals surface area (Å²) in [6, 6.07) is -0.788. The summed E-state index contributed by atoms with van der Waals surface area (Å²) in [5.74, 6) is -0.969. The van der Waals surface area contributed by atoms with Gasteiger partial charge in [0.05, 0.1) is 12.5 Å². The van der Waals surface area contributed by atoms with Gasteiger partial charge in [-0.3, -0.25) is 4.79 Å². The van der Waals surface area contributed by atoms with Crippen LogP contribution in [-0.2, 0) is 14.3 Å². The summed E-state index contributed by atoms with van der Waals surface area (Å²) >= 11 is 0. The number of nitrogens with one attached hydrogen (secondary N) is 1. The van der Waals surface area contributed by atoms with E-state index in [9.17, 15) is 9.59 Å². The molecule has 0 radical (unpaired) electrons. The fourth-order valence-electron chi connectivity index (χ4n) is 1.96. The van der Waals surface area contributed by atoms with Crippen LogP contribution >= 0.6 is 0 Å². The van der Waals surface area contributed by atoms with Crippen LogP contribution in [0, 0.1) is 5.92 Å². The van der Waals surface area contributed by atoms with Crippen LogP contribution in [0.5, 0.6) is 0 Å². The molecule has 0 aromatic carbocycles. The van der Waals surface area contributed by atoms with Crippen LogP contribution in [0.1, 0.15) is 39.5 Å². The van der Waals surface area contributed by atoms with Crippen molar-refractivity contribution in [3.05, 3.63) is 0 Å². The molecule has 2 N–H and O–H groups in total. The van der Waals surface area contributed by atoms with Gasteiger partial charge in [0.1, 0.15) is 6.04 Å². The lowest BCUT2D eigenvalue weighted by molar-refractivity contribution is -0.142. The van der Waals surface area contributed by atoms with Crippen LogP contribution in [-0.4, -0.2) is 35.7 Å². The Bertz CT molecular complexity index is 272. The molecule has 1 aliphatic rings. The van der Waals surface area contributed by atoms with Crippen LogP contribution in [0.2, 0.25) is 0 Å². The van der Waals surface area contributed by atoms with Gasteiger partial charge in [-0.15, -0.1) is 0 Å². The van der Waals surface area contributed by atoms with E-state index >= 15 is 0 Å². The first-order valence-electron chi connectivity index (χ1n) is 6.12. The Morgan fingerprint density at radius 2 is 2.18 bits per heavy atom. The molecule has 1 aliphatic heterocycles. The number of rotatable bonds is 6. The average molecular weight is 243 g/mol. The van der Waals surface area contributed by atoms with Crippen molar-refractivity contribution in [1.29, 1.82) is 0 Å². The molecule has 0 aliphatic carbocycles. The van der Waals surface area contributed by atoms with Crippen LogP contribution in [0.4, 0.5) is 0 Å². The molecule has 1 rings (SSSR count). The van der Waals surface area contributed by atoms with Crippen molar-refractivity contribution in [3.63, 3.8) is 0 Å². The van der Waals surface area contributed by atoms with Crippen molar-refractivity contribution >= 4 is 11.9 Å². The summed E-state index contributed by atoms with van der Waals surface area (Å²) in [6.07, 6.45) is 2.54. The molecule has 5 nitrogen and oxygen atoms in total. The molecule has 1 fully saturated rings. The third kappa shape index (κ3) is 5.17. The summed E-state index contributed by atoms with van der Waals surface area (Å²) in [5, 5.41) is 11.5. The van der Waals surface area contributed by atoms with Gasteiger partial charge in [-0.05, 0) is 25.2 Å². The number of hydrogen-bond donors (Lipinski definition) is 2. The minimum absolute atomic E-state index is 0.0384. The second-order valence-corrected chi connectivity index (χ2v) is 4.93. The van der Waals surface area contributed by atoms with E-state index in [1.165, 1.54) is 0 Å². The first-order chi connectivity index (χ1) is 7.99. The number of ether oxygens (including phenoxy) is 1. The van der Waals surface area contributed by atoms with E-state index in [2.05, 4.69) is 5.32 Å². The van der Waals surface area contributed by atoms with Gasteiger partial charge >= 0.3 is 5.97 Å². The maximum Gasteiger partial charge on any atom is 0.326 e. The molecule has 0 saturated carbocycles. The van der Waals surface area contributed by atoms with Gasteiger partial charge < -0.3 is 15.2 Å². The number of aliphatic carboxylic acids is 1. The zero-order valence-corrected chi connectivity index (χ0v) is 10.4. The Kier molecular flexibility index (Phi) is 5.41. The molecule has 0 spiro atoms. The lowest BCUT2D eigenvalue weighted by Crippen LogP contribution is -2.42. The third-order valence-corrected chi connectivity index (χ3v) is 2.78. The fraction of sp³-hybridized carbons (Fsp3) is 0.833. The zero-order chi connectivity index (χ0) is 12.8. The van der Waals surface area contributed by atoms with Gasteiger partial charge in [0.15, 0.2) is 0 Å². The lowest BCUT2D eigenvalue weighted by Gasteiger charge is -2.17. The molecular weight excluding hydrogens is 222 g/mol. The summed E-state index contributed by atoms with van der Waals surface area (Å²) in [4.78, 5) is 22.6. The molecule has 5 heteroatoms. The van der Waals surface area contributed by atoms with Crippen molar-refractivity contribution in [2.45, 2.75) is 51.7 Å². The van der Waals surface area contributed by atoms with E-state index < -0.39 is 12.0 Å². The maximum absolute atomic E-state index is 11.6. The number of hydrogen-bond acceptors (Lipinski definition) is 3. The van der Waals surface area contributed by atoms with Crippen LogP contribution < -0.4 is 5.32 Å². The van der Waals surface area contributed by atoms with Crippen LogP contribution in [0.3, 0.4) is 0 Å². The number of carbonyl (C=O) groups is 2. The summed E-state index contributed by atoms with van der Waals surface area (Å²) in [7, 11) is 0. The molecule has 2 unspecified atom stereocenters. The van der Waals surface area contributed by atoms with E-state index in [1.807, 2.05) is 13.8 Å². The van der Waals surface area contributed by atoms with Gasteiger partial charge in [0.2, 0.25) is 5.91 Å². The first-order valence-corrected chi connectivity index (χ1v) is 6.12. The van der Waals surface area contributed by atoms with E-state index in [-0.39, 0.29) is 24.3 Å². The quantitative estimate of drug-likeness (QED) is 0.734. The highest BCUT2D eigenvalue weighted by atomic mass is 16.5. The number of amides is 1. The van der Waals surface area contributed by atoms with Crippen molar-refractivity contribution in [1.82, 2.24) is 5.32 Å². The van der Waals surface area contributed by atoms with E-state index in [0.717, 1.165) is 12.8 Å². The van der Waals surface area contributed by atoms with Gasteiger partial charge in [0.25, 0.3) is 0 Å². The summed E-state index contributed by atoms with van der Waals surface area (Å²) in [6.45, 7) is 4.57. The van der Waals surface area contributed by atoms with E-state index in [1.54, 1.807) is 0 Å². The van der Waals surface area contributed by atoms with E-state index in [0.29, 0.717) is 13.0 Å². The van der Waals surface area contributed by atoms with Gasteiger partial charge in [0, 0.05) is 6.61 Å². The second-order valence-electron chi connectivity index (χ2n) is 4.93. The molecule has 1 amide bonds. The number of carbonyl (C=O) groups excluding carboxylic acids is 1. The van der Waals surface area contributed by atoms with Crippen molar-refractivity contribution in [3.8, 4) is 0 Å². The molecule has 0 aromatic heterocycles. The molecule has 98 valence electrons. The zero-order valence-electron chi connectivity index (χ0n) is 10.4. The molecule has 2 atom stereocenters. The predicted octanol–water partition coefficient (Wildman–Crippen LogP) is 1.17. The Morgan fingerprint density at radius 1 is 1.47 bits per heavy atom. The van der Waals surface area contributed by atoms with Crippen molar-refractivity contribution in [2.75, 3.05) is 6.61 Å². The predicted molar refractivity (Wildman–Crippen MR) is 62.6 cm³/mol. The summed E-state index contributed by atoms with van der Waals surface area (Å²) < 4.78 is 5.34. The normalized spacial score (nSPS) is 21.5. The van der Waals surface area contributed by atoms with Crippen molar-refractivity contribution in [2.24, 2.45) is 5.92 Å². The second kappa shape index (κ2) is 6.59. The fourth-order valence-corrected chi connectivity index (χ4v) is 1.96. The highest BCUT2D eigenvalue weighted by Crippen LogP contribution is 2.15. The standard InChI is InChI=1S/C12H21NO4/c1-8(2)6-10(12(15)16)13-11(14)7-9-4-3-5-17-9/h8-10H,3-7H2,1-2H3,(H,13,14)(H,15,16). The Balaban J connectivity index is 2.37. The van der Waals surface area contributed by atoms with Crippen molar-refractivity contribution < 1.29 is 19.4 Å².